The minimum atomic E-state index is -3.52. The summed E-state index contributed by atoms with van der Waals surface area (Å²) in [6, 6.07) is 5.95. The molecule has 7 nitrogen and oxygen atoms in total. The largest absolute Gasteiger partial charge is 0.306 e. The number of anilines is 1. The van der Waals surface area contributed by atoms with Gasteiger partial charge in [0.1, 0.15) is 5.82 Å². The van der Waals surface area contributed by atoms with Crippen molar-refractivity contribution >= 4 is 33.5 Å². The van der Waals surface area contributed by atoms with E-state index in [9.17, 15) is 13.2 Å². The molecule has 0 atom stereocenters. The monoisotopic (exact) mass is 408 g/mol. The number of nitrogens with zero attached hydrogens (tertiary/aromatic N) is 3. The summed E-state index contributed by atoms with van der Waals surface area (Å²) in [6.45, 7) is 6.12. The first-order valence-corrected chi connectivity index (χ1v) is 11.1. The fraction of sp³-hybridized carbons (Fsp3) is 0.444. The van der Waals surface area contributed by atoms with Crippen LogP contribution >= 0.6 is 11.8 Å². The van der Waals surface area contributed by atoms with Crippen LogP contribution in [0.2, 0.25) is 0 Å². The molecule has 0 aliphatic carbocycles. The fourth-order valence-corrected chi connectivity index (χ4v) is 4.73. The van der Waals surface area contributed by atoms with Crippen molar-refractivity contribution in [2.24, 2.45) is 0 Å². The number of fused-ring (bicyclic) bond motifs is 1. The summed E-state index contributed by atoms with van der Waals surface area (Å²) in [5.41, 5.74) is 2.21. The van der Waals surface area contributed by atoms with Crippen molar-refractivity contribution in [1.29, 1.82) is 0 Å². The SMILES string of the molecule is CN(C)S(=O)(=O)c1ccc(C(=O)Nc2c3c(nn2C(C)(C)C)CSC3)cc1. The maximum absolute atomic E-state index is 12.8. The van der Waals surface area contributed by atoms with Gasteiger partial charge in [0.2, 0.25) is 10.0 Å². The third-order valence-corrected chi connectivity index (χ3v) is 7.11. The van der Waals surface area contributed by atoms with Crippen molar-refractivity contribution in [3.05, 3.63) is 41.1 Å². The van der Waals surface area contributed by atoms with Gasteiger partial charge in [-0.2, -0.15) is 16.9 Å². The van der Waals surface area contributed by atoms with Crippen LogP contribution in [0.3, 0.4) is 0 Å². The standard InChI is InChI=1S/C18H24N4O3S2/c1-18(2,3)22-16(14-10-26-11-15(14)20-22)19-17(23)12-6-8-13(9-7-12)27(24,25)21(4)5/h6-9H,10-11H2,1-5H3,(H,19,23). The maximum Gasteiger partial charge on any atom is 0.256 e. The van der Waals surface area contributed by atoms with E-state index in [-0.39, 0.29) is 16.3 Å². The van der Waals surface area contributed by atoms with E-state index in [0.717, 1.165) is 32.9 Å². The van der Waals surface area contributed by atoms with Crippen LogP contribution in [-0.4, -0.2) is 42.5 Å². The van der Waals surface area contributed by atoms with Gasteiger partial charge in [0, 0.05) is 36.7 Å². The average molecular weight is 409 g/mol. The van der Waals surface area contributed by atoms with Gasteiger partial charge in [-0.1, -0.05) is 0 Å². The van der Waals surface area contributed by atoms with Crippen LogP contribution in [0.5, 0.6) is 0 Å². The summed E-state index contributed by atoms with van der Waals surface area (Å²) < 4.78 is 27.3. The summed E-state index contributed by atoms with van der Waals surface area (Å²) in [6.07, 6.45) is 0. The Balaban J connectivity index is 1.89. The highest BCUT2D eigenvalue weighted by molar-refractivity contribution is 7.98. The second-order valence-electron chi connectivity index (χ2n) is 7.62. The number of aromatic nitrogens is 2. The molecule has 1 N–H and O–H groups in total. The van der Waals surface area contributed by atoms with Crippen molar-refractivity contribution < 1.29 is 13.2 Å². The van der Waals surface area contributed by atoms with E-state index in [1.54, 1.807) is 11.8 Å². The van der Waals surface area contributed by atoms with E-state index in [4.69, 9.17) is 0 Å². The molecule has 1 aromatic carbocycles. The summed E-state index contributed by atoms with van der Waals surface area (Å²) in [5, 5.41) is 7.65. The molecule has 0 fully saturated rings. The van der Waals surface area contributed by atoms with Gasteiger partial charge < -0.3 is 5.32 Å². The van der Waals surface area contributed by atoms with Gasteiger partial charge in [-0.3, -0.25) is 4.79 Å². The third kappa shape index (κ3) is 3.76. The van der Waals surface area contributed by atoms with Gasteiger partial charge >= 0.3 is 0 Å². The van der Waals surface area contributed by atoms with Gasteiger partial charge in [-0.15, -0.1) is 0 Å². The van der Waals surface area contributed by atoms with Crippen LogP contribution in [0.25, 0.3) is 0 Å². The lowest BCUT2D eigenvalue weighted by atomic mass is 10.1. The number of hydrogen-bond donors (Lipinski definition) is 1. The quantitative estimate of drug-likeness (QED) is 0.841. The summed E-state index contributed by atoms with van der Waals surface area (Å²) >= 11 is 1.77. The maximum atomic E-state index is 12.8. The average Bonchev–Trinajstić information content (AvgIpc) is 3.17. The molecule has 0 saturated heterocycles. The van der Waals surface area contributed by atoms with Gasteiger partial charge in [0.05, 0.1) is 16.1 Å². The van der Waals surface area contributed by atoms with Crippen LogP contribution in [0, 0.1) is 0 Å². The number of sulfonamides is 1. The molecule has 0 spiro atoms. The highest BCUT2D eigenvalue weighted by Gasteiger charge is 2.29. The molecular formula is C18H24N4O3S2. The lowest BCUT2D eigenvalue weighted by molar-refractivity contribution is 0.102. The summed E-state index contributed by atoms with van der Waals surface area (Å²) in [4.78, 5) is 12.9. The van der Waals surface area contributed by atoms with Crippen LogP contribution in [0.15, 0.2) is 29.2 Å². The molecule has 0 bridgehead atoms. The fourth-order valence-electron chi connectivity index (χ4n) is 2.80. The Morgan fingerprint density at radius 1 is 1.19 bits per heavy atom. The minimum Gasteiger partial charge on any atom is -0.306 e. The van der Waals surface area contributed by atoms with E-state index < -0.39 is 10.0 Å². The first-order chi connectivity index (χ1) is 12.5. The molecule has 9 heteroatoms. The van der Waals surface area contributed by atoms with Crippen LogP contribution in [-0.2, 0) is 27.1 Å². The number of amides is 1. The van der Waals surface area contributed by atoms with Gasteiger partial charge in [0.25, 0.3) is 5.91 Å². The molecule has 146 valence electrons. The highest BCUT2D eigenvalue weighted by atomic mass is 32.2. The third-order valence-electron chi connectivity index (χ3n) is 4.31. The topological polar surface area (TPSA) is 84.3 Å². The van der Waals surface area contributed by atoms with Gasteiger partial charge in [-0.05, 0) is 45.0 Å². The lowest BCUT2D eigenvalue weighted by Gasteiger charge is -2.23. The molecule has 1 aromatic heterocycles. The predicted molar refractivity (Wildman–Crippen MR) is 107 cm³/mol. The zero-order valence-electron chi connectivity index (χ0n) is 16.1. The predicted octanol–water partition coefficient (Wildman–Crippen LogP) is 2.89. The Labute approximate surface area is 164 Å². The molecule has 0 radical (unpaired) electrons. The smallest absolute Gasteiger partial charge is 0.256 e. The molecule has 2 heterocycles. The molecular weight excluding hydrogens is 384 g/mol. The Bertz CT molecular complexity index is 971. The number of carbonyl (C=O) groups is 1. The van der Waals surface area contributed by atoms with Crippen molar-refractivity contribution in [3.63, 3.8) is 0 Å². The minimum absolute atomic E-state index is 0.154. The Hall–Kier alpha value is -1.84. The molecule has 0 unspecified atom stereocenters. The summed E-state index contributed by atoms with van der Waals surface area (Å²) in [5.74, 6) is 2.10. The molecule has 0 saturated carbocycles. The number of hydrogen-bond acceptors (Lipinski definition) is 5. The number of rotatable bonds is 4. The summed E-state index contributed by atoms with van der Waals surface area (Å²) in [7, 11) is -0.570. The lowest BCUT2D eigenvalue weighted by Crippen LogP contribution is -2.27. The van der Waals surface area contributed by atoms with Crippen LogP contribution < -0.4 is 5.32 Å². The van der Waals surface area contributed by atoms with Crippen molar-refractivity contribution in [3.8, 4) is 0 Å². The molecule has 3 rings (SSSR count). The van der Waals surface area contributed by atoms with Crippen molar-refractivity contribution in [1.82, 2.24) is 14.1 Å². The second kappa shape index (κ2) is 6.96. The number of nitrogens with one attached hydrogen (secondary N) is 1. The van der Waals surface area contributed by atoms with Crippen LogP contribution in [0.4, 0.5) is 5.82 Å². The molecule has 27 heavy (non-hydrogen) atoms. The highest BCUT2D eigenvalue weighted by Crippen LogP contribution is 2.37. The second-order valence-corrected chi connectivity index (χ2v) is 10.8. The Morgan fingerprint density at radius 2 is 1.81 bits per heavy atom. The molecule has 2 aromatic rings. The molecule has 1 amide bonds. The van der Waals surface area contributed by atoms with E-state index in [1.165, 1.54) is 38.4 Å². The van der Waals surface area contributed by atoms with E-state index >= 15 is 0 Å². The normalized spacial score (nSPS) is 14.4. The van der Waals surface area contributed by atoms with E-state index in [2.05, 4.69) is 10.4 Å². The van der Waals surface area contributed by atoms with Gasteiger partial charge in [-0.25, -0.2) is 17.4 Å². The Morgan fingerprint density at radius 3 is 2.37 bits per heavy atom. The number of benzene rings is 1. The number of thioether (sulfide) groups is 1. The van der Waals surface area contributed by atoms with E-state index in [1.807, 2.05) is 25.5 Å². The van der Waals surface area contributed by atoms with Crippen LogP contribution in [0.1, 0.15) is 42.4 Å². The molecule has 1 aliphatic heterocycles. The van der Waals surface area contributed by atoms with Crippen molar-refractivity contribution in [2.45, 2.75) is 42.7 Å². The van der Waals surface area contributed by atoms with Gasteiger partial charge in [0.15, 0.2) is 0 Å². The Kier molecular flexibility index (Phi) is 5.13. The molecule has 1 aliphatic rings. The first kappa shape index (κ1) is 19.9. The zero-order valence-corrected chi connectivity index (χ0v) is 17.7. The zero-order chi connectivity index (χ0) is 20.0. The van der Waals surface area contributed by atoms with E-state index in [0.29, 0.717) is 5.56 Å². The first-order valence-electron chi connectivity index (χ1n) is 8.55. The number of carbonyl (C=O) groups excluding carboxylic acids is 1. The van der Waals surface area contributed by atoms with Crippen molar-refractivity contribution in [2.75, 3.05) is 19.4 Å².